The number of rotatable bonds is 7. The van der Waals surface area contributed by atoms with Crippen molar-refractivity contribution in [2.75, 3.05) is 6.61 Å². The molecule has 0 saturated heterocycles. The summed E-state index contributed by atoms with van der Waals surface area (Å²) in [7, 11) is 0. The second-order valence-electron chi connectivity index (χ2n) is 9.06. The average Bonchev–Trinajstić information content (AvgIpc) is 3.54. The Morgan fingerprint density at radius 1 is 1.15 bits per heavy atom. The number of pyridine rings is 1. The normalized spacial score (nSPS) is 16.8. The van der Waals surface area contributed by atoms with Gasteiger partial charge in [-0.25, -0.2) is 0 Å². The molecule has 0 spiro atoms. The number of halogens is 2. The first-order valence-electron chi connectivity index (χ1n) is 11.3. The SMILES string of the molecule is CCOC(=O)C1CC1c1ccc2nc(CC(C)C)c(CN)c(-c3ccc(C)cc3)c2c1.Cl.Cl. The van der Waals surface area contributed by atoms with Crippen LogP contribution in [0.3, 0.4) is 0 Å². The van der Waals surface area contributed by atoms with Gasteiger partial charge in [0.25, 0.3) is 0 Å². The number of nitrogens with zero attached hydrogens (tertiary/aromatic N) is 1. The van der Waals surface area contributed by atoms with Crippen LogP contribution in [0.5, 0.6) is 0 Å². The molecule has 4 nitrogen and oxygen atoms in total. The molecule has 2 unspecified atom stereocenters. The zero-order valence-electron chi connectivity index (χ0n) is 19.8. The van der Waals surface area contributed by atoms with Crippen molar-refractivity contribution in [1.29, 1.82) is 0 Å². The van der Waals surface area contributed by atoms with Gasteiger partial charge in [0.05, 0.1) is 18.0 Å². The van der Waals surface area contributed by atoms with E-state index in [1.54, 1.807) is 0 Å². The predicted molar refractivity (Wildman–Crippen MR) is 140 cm³/mol. The summed E-state index contributed by atoms with van der Waals surface area (Å²) >= 11 is 0. The molecule has 1 aromatic heterocycles. The number of ether oxygens (including phenoxy) is 1. The first-order chi connectivity index (χ1) is 14.9. The van der Waals surface area contributed by atoms with Crippen LogP contribution < -0.4 is 5.73 Å². The molecule has 33 heavy (non-hydrogen) atoms. The lowest BCUT2D eigenvalue weighted by molar-refractivity contribution is -0.144. The number of carbonyl (C=O) groups is 1. The fourth-order valence-electron chi connectivity index (χ4n) is 4.50. The van der Waals surface area contributed by atoms with E-state index in [0.717, 1.165) is 35.0 Å². The van der Waals surface area contributed by atoms with Crippen molar-refractivity contribution >= 4 is 41.7 Å². The van der Waals surface area contributed by atoms with Crippen molar-refractivity contribution in [3.63, 3.8) is 0 Å². The number of aryl methyl sites for hydroxylation is 1. The van der Waals surface area contributed by atoms with Crippen LogP contribution in [0.4, 0.5) is 0 Å². The van der Waals surface area contributed by atoms with Gasteiger partial charge in [0, 0.05) is 17.6 Å². The van der Waals surface area contributed by atoms with E-state index in [-0.39, 0.29) is 42.6 Å². The molecule has 0 bridgehead atoms. The number of nitrogens with two attached hydrogens (primary N) is 1. The largest absolute Gasteiger partial charge is 0.466 e. The van der Waals surface area contributed by atoms with Crippen LogP contribution in [0.2, 0.25) is 0 Å². The van der Waals surface area contributed by atoms with Crippen LogP contribution >= 0.6 is 24.8 Å². The minimum atomic E-state index is -0.0839. The van der Waals surface area contributed by atoms with Gasteiger partial charge in [0.2, 0.25) is 0 Å². The first kappa shape index (κ1) is 27.1. The van der Waals surface area contributed by atoms with E-state index in [0.29, 0.717) is 19.1 Å². The topological polar surface area (TPSA) is 65.2 Å². The molecule has 2 aromatic carbocycles. The summed E-state index contributed by atoms with van der Waals surface area (Å²) in [6.45, 7) is 9.26. The maximum atomic E-state index is 12.2. The number of carbonyl (C=O) groups excluding carboxylic acids is 1. The van der Waals surface area contributed by atoms with E-state index < -0.39 is 0 Å². The Balaban J connectivity index is 0.00000193. The minimum Gasteiger partial charge on any atom is -0.466 e. The van der Waals surface area contributed by atoms with Crippen molar-refractivity contribution in [3.05, 3.63) is 64.8 Å². The number of benzene rings is 2. The summed E-state index contributed by atoms with van der Waals surface area (Å²) in [4.78, 5) is 17.2. The van der Waals surface area contributed by atoms with E-state index >= 15 is 0 Å². The highest BCUT2D eigenvalue weighted by Crippen LogP contribution is 2.49. The Morgan fingerprint density at radius 3 is 2.45 bits per heavy atom. The molecule has 1 fully saturated rings. The molecule has 1 aliphatic carbocycles. The maximum absolute atomic E-state index is 12.2. The lowest BCUT2D eigenvalue weighted by Crippen LogP contribution is -2.10. The van der Waals surface area contributed by atoms with Gasteiger partial charge >= 0.3 is 5.97 Å². The molecule has 4 rings (SSSR count). The van der Waals surface area contributed by atoms with E-state index in [9.17, 15) is 4.79 Å². The highest BCUT2D eigenvalue weighted by Gasteiger charge is 2.45. The van der Waals surface area contributed by atoms with Crippen molar-refractivity contribution < 1.29 is 9.53 Å². The average molecular weight is 489 g/mol. The molecule has 6 heteroatoms. The van der Waals surface area contributed by atoms with Crippen LogP contribution in [0.1, 0.15) is 55.5 Å². The fraction of sp³-hybridized carbons (Fsp3) is 0.407. The highest BCUT2D eigenvalue weighted by molar-refractivity contribution is 5.97. The molecule has 0 radical (unpaired) electrons. The minimum absolute atomic E-state index is 0. The molecule has 3 aromatic rings. The third-order valence-corrected chi connectivity index (χ3v) is 6.15. The molecule has 2 atom stereocenters. The van der Waals surface area contributed by atoms with Gasteiger partial charge in [-0.2, -0.15) is 0 Å². The summed E-state index contributed by atoms with van der Waals surface area (Å²) in [5.41, 5.74) is 14.2. The quantitative estimate of drug-likeness (QED) is 0.391. The molecule has 1 saturated carbocycles. The Kier molecular flexibility index (Phi) is 9.30. The third kappa shape index (κ3) is 5.68. The Bertz CT molecular complexity index is 1110. The second kappa shape index (κ2) is 11.3. The summed E-state index contributed by atoms with van der Waals surface area (Å²) < 4.78 is 5.23. The first-order valence-corrected chi connectivity index (χ1v) is 11.3. The summed E-state index contributed by atoms with van der Waals surface area (Å²) in [6.07, 6.45) is 1.75. The number of aromatic nitrogens is 1. The molecular weight excluding hydrogens is 455 g/mol. The van der Waals surface area contributed by atoms with E-state index in [1.807, 2.05) is 6.92 Å². The third-order valence-electron chi connectivity index (χ3n) is 6.15. The molecular formula is C27H34Cl2N2O2. The van der Waals surface area contributed by atoms with Gasteiger partial charge < -0.3 is 10.5 Å². The van der Waals surface area contributed by atoms with E-state index in [4.69, 9.17) is 15.5 Å². The van der Waals surface area contributed by atoms with Gasteiger partial charge in [-0.05, 0) is 72.9 Å². The molecule has 1 heterocycles. The smallest absolute Gasteiger partial charge is 0.309 e. The zero-order valence-corrected chi connectivity index (χ0v) is 21.4. The van der Waals surface area contributed by atoms with Gasteiger partial charge in [-0.15, -0.1) is 24.8 Å². The van der Waals surface area contributed by atoms with Gasteiger partial charge in [0.15, 0.2) is 0 Å². The Hall–Kier alpha value is -2.14. The van der Waals surface area contributed by atoms with Crippen LogP contribution in [-0.4, -0.2) is 17.6 Å². The van der Waals surface area contributed by atoms with E-state index in [1.165, 1.54) is 22.3 Å². The van der Waals surface area contributed by atoms with Crippen molar-refractivity contribution in [2.24, 2.45) is 17.6 Å². The standard InChI is InChI=1S/C27H32N2O2.2ClH/c1-5-31-27(30)21-14-20(21)19-10-11-24-22(13-19)26(18-8-6-17(4)7-9-18)23(15-28)25(29-24)12-16(2)3;;/h6-11,13,16,20-21H,5,12,14-15,28H2,1-4H3;2*1H. The zero-order chi connectivity index (χ0) is 22.1. The molecule has 178 valence electrons. The highest BCUT2D eigenvalue weighted by atomic mass is 35.5. The number of fused-ring (bicyclic) bond motifs is 1. The van der Waals surface area contributed by atoms with Crippen molar-refractivity contribution in [2.45, 2.75) is 53.0 Å². The molecule has 0 aliphatic heterocycles. The lowest BCUT2D eigenvalue weighted by Gasteiger charge is -2.18. The van der Waals surface area contributed by atoms with E-state index in [2.05, 4.69) is 63.2 Å². The Labute approximate surface area is 209 Å². The van der Waals surface area contributed by atoms with Crippen LogP contribution in [0, 0.1) is 18.8 Å². The van der Waals surface area contributed by atoms with Crippen LogP contribution in [-0.2, 0) is 22.5 Å². The Morgan fingerprint density at radius 2 is 1.85 bits per heavy atom. The van der Waals surface area contributed by atoms with Crippen LogP contribution in [0.25, 0.3) is 22.0 Å². The van der Waals surface area contributed by atoms with Gasteiger partial charge in [0.1, 0.15) is 0 Å². The lowest BCUT2D eigenvalue weighted by atomic mass is 9.90. The molecule has 2 N–H and O–H groups in total. The second-order valence-corrected chi connectivity index (χ2v) is 9.06. The summed E-state index contributed by atoms with van der Waals surface area (Å²) in [6, 6.07) is 15.1. The van der Waals surface area contributed by atoms with Crippen LogP contribution in [0.15, 0.2) is 42.5 Å². The predicted octanol–water partition coefficient (Wildman–Crippen LogP) is 6.38. The molecule has 1 aliphatic rings. The number of hydrogen-bond donors (Lipinski definition) is 1. The maximum Gasteiger partial charge on any atom is 0.309 e. The molecule has 0 amide bonds. The van der Waals surface area contributed by atoms with Crippen molar-refractivity contribution in [1.82, 2.24) is 4.98 Å². The fourth-order valence-corrected chi connectivity index (χ4v) is 4.50. The monoisotopic (exact) mass is 488 g/mol. The number of hydrogen-bond acceptors (Lipinski definition) is 4. The summed E-state index contributed by atoms with van der Waals surface area (Å²) in [5.74, 6) is 0.616. The summed E-state index contributed by atoms with van der Waals surface area (Å²) in [5, 5.41) is 1.11. The van der Waals surface area contributed by atoms with Gasteiger partial charge in [-0.1, -0.05) is 49.7 Å². The van der Waals surface area contributed by atoms with Crippen molar-refractivity contribution in [3.8, 4) is 11.1 Å². The number of esters is 1. The van der Waals surface area contributed by atoms with Gasteiger partial charge in [-0.3, -0.25) is 9.78 Å².